The summed E-state index contributed by atoms with van der Waals surface area (Å²) in [7, 11) is 0. The number of aliphatic carboxylic acids is 1. The summed E-state index contributed by atoms with van der Waals surface area (Å²) < 4.78 is 0. The number of carboxylic acid groups (broad SMARTS) is 1. The summed E-state index contributed by atoms with van der Waals surface area (Å²) in [4.78, 5) is 14.4. The van der Waals surface area contributed by atoms with E-state index in [1.807, 2.05) is 0 Å². The highest BCUT2D eigenvalue weighted by atomic mass is 16.4. The Labute approximate surface area is 90.1 Å². The molecule has 2 rings (SSSR count). The van der Waals surface area contributed by atoms with E-state index in [1.54, 1.807) is 0 Å². The van der Waals surface area contributed by atoms with Crippen LogP contribution in [0, 0.1) is 0 Å². The molecule has 0 radical (unpaired) electrons. The van der Waals surface area contributed by atoms with Crippen molar-refractivity contribution < 1.29 is 25.2 Å². The Kier molecular flexibility index (Phi) is 2.19. The van der Waals surface area contributed by atoms with Crippen LogP contribution in [0.2, 0.25) is 0 Å². The average molecular weight is 223 g/mol. The number of nitrogens with zero attached hydrogens (tertiary/aromatic N) is 1. The molecule has 1 atom stereocenters. The first-order valence-corrected chi connectivity index (χ1v) is 4.53. The van der Waals surface area contributed by atoms with Gasteiger partial charge in [0, 0.05) is 18.2 Å². The average Bonchev–Trinajstić information content (AvgIpc) is 2.25. The van der Waals surface area contributed by atoms with Gasteiger partial charge in [-0.05, 0) is 11.6 Å². The molecular weight excluding hydrogens is 214 g/mol. The lowest BCUT2D eigenvalue weighted by molar-refractivity contribution is -0.138. The van der Waals surface area contributed by atoms with Crippen LogP contribution in [0.3, 0.4) is 0 Å². The maximum Gasteiger partial charge on any atom is 0.328 e. The van der Waals surface area contributed by atoms with Gasteiger partial charge in [0.25, 0.3) is 0 Å². The Morgan fingerprint density at radius 1 is 1.31 bits per heavy atom. The largest absolute Gasteiger partial charge is 0.504 e. The lowest BCUT2D eigenvalue weighted by Crippen LogP contribution is -2.24. The van der Waals surface area contributed by atoms with E-state index < -0.39 is 29.3 Å². The van der Waals surface area contributed by atoms with Gasteiger partial charge in [0.05, 0.1) is 0 Å². The van der Waals surface area contributed by atoms with E-state index in [9.17, 15) is 20.1 Å². The minimum atomic E-state index is -1.08. The summed E-state index contributed by atoms with van der Waals surface area (Å²) in [6, 6.07) is 0.307. The molecule has 0 saturated heterocycles. The maximum atomic E-state index is 10.7. The van der Waals surface area contributed by atoms with E-state index in [-0.39, 0.29) is 12.0 Å². The second-order valence-electron chi connectivity index (χ2n) is 3.50. The molecule has 0 aliphatic carbocycles. The van der Waals surface area contributed by atoms with Crippen molar-refractivity contribution in [1.82, 2.24) is 0 Å². The maximum absolute atomic E-state index is 10.7. The SMILES string of the molecule is O=C(O)C1Cc2cc(O)c(O)c(O)c2C=N1. The fourth-order valence-corrected chi connectivity index (χ4v) is 1.60. The molecule has 84 valence electrons. The van der Waals surface area contributed by atoms with E-state index >= 15 is 0 Å². The Bertz CT molecular complexity index is 494. The fourth-order valence-electron chi connectivity index (χ4n) is 1.60. The Balaban J connectivity index is 2.52. The van der Waals surface area contributed by atoms with Gasteiger partial charge < -0.3 is 20.4 Å². The van der Waals surface area contributed by atoms with Crippen molar-refractivity contribution >= 4 is 12.2 Å². The number of hydrogen-bond acceptors (Lipinski definition) is 5. The second-order valence-corrected chi connectivity index (χ2v) is 3.50. The van der Waals surface area contributed by atoms with Crippen LogP contribution >= 0.6 is 0 Å². The summed E-state index contributed by atoms with van der Waals surface area (Å²) in [5.41, 5.74) is 0.683. The second kappa shape index (κ2) is 3.41. The van der Waals surface area contributed by atoms with E-state index in [0.717, 1.165) is 0 Å². The normalized spacial score (nSPS) is 18.1. The summed E-state index contributed by atoms with van der Waals surface area (Å²) in [6.45, 7) is 0. The zero-order valence-electron chi connectivity index (χ0n) is 8.08. The van der Waals surface area contributed by atoms with Crippen LogP contribution in [0.15, 0.2) is 11.1 Å². The third-order valence-corrected chi connectivity index (χ3v) is 2.46. The van der Waals surface area contributed by atoms with Crippen LogP contribution < -0.4 is 0 Å². The van der Waals surface area contributed by atoms with E-state index in [2.05, 4.69) is 4.99 Å². The van der Waals surface area contributed by atoms with Crippen LogP contribution in [0.1, 0.15) is 11.1 Å². The number of aliphatic imine (C=N–C) groups is 1. The van der Waals surface area contributed by atoms with Crippen LogP contribution in [-0.4, -0.2) is 38.7 Å². The van der Waals surface area contributed by atoms with Gasteiger partial charge in [-0.3, -0.25) is 4.99 Å². The highest BCUT2D eigenvalue weighted by Gasteiger charge is 2.25. The van der Waals surface area contributed by atoms with Gasteiger partial charge in [0.2, 0.25) is 5.75 Å². The number of benzene rings is 1. The van der Waals surface area contributed by atoms with Gasteiger partial charge in [-0.25, -0.2) is 4.79 Å². The Morgan fingerprint density at radius 3 is 2.62 bits per heavy atom. The number of fused-ring (bicyclic) bond motifs is 1. The molecule has 0 saturated carbocycles. The van der Waals surface area contributed by atoms with Gasteiger partial charge >= 0.3 is 5.97 Å². The number of rotatable bonds is 1. The van der Waals surface area contributed by atoms with Crippen molar-refractivity contribution in [3.63, 3.8) is 0 Å². The molecule has 4 N–H and O–H groups in total. The van der Waals surface area contributed by atoms with Crippen molar-refractivity contribution in [2.24, 2.45) is 4.99 Å². The third-order valence-electron chi connectivity index (χ3n) is 2.46. The molecule has 6 nitrogen and oxygen atoms in total. The first kappa shape index (κ1) is 10.3. The predicted octanol–water partition coefficient (Wildman–Crippen LogP) is 0.232. The van der Waals surface area contributed by atoms with Gasteiger partial charge in [-0.2, -0.15) is 0 Å². The number of carboxylic acids is 1. The number of aromatic hydroxyl groups is 3. The Hall–Kier alpha value is -2.24. The zero-order chi connectivity index (χ0) is 11.9. The van der Waals surface area contributed by atoms with Crippen LogP contribution in [0.25, 0.3) is 0 Å². The molecule has 1 aromatic rings. The quantitative estimate of drug-likeness (QED) is 0.509. The third kappa shape index (κ3) is 1.44. The first-order chi connectivity index (χ1) is 7.50. The van der Waals surface area contributed by atoms with Crippen LogP contribution in [0.5, 0.6) is 17.2 Å². The predicted molar refractivity (Wildman–Crippen MR) is 54.2 cm³/mol. The molecule has 1 aliphatic rings. The van der Waals surface area contributed by atoms with Gasteiger partial charge in [0.1, 0.15) is 0 Å². The summed E-state index contributed by atoms with van der Waals surface area (Å²) >= 11 is 0. The molecule has 1 aromatic carbocycles. The fraction of sp³-hybridized carbons (Fsp3) is 0.200. The molecule has 0 fully saturated rings. The molecule has 16 heavy (non-hydrogen) atoms. The topological polar surface area (TPSA) is 110 Å². The minimum Gasteiger partial charge on any atom is -0.504 e. The lowest BCUT2D eigenvalue weighted by Gasteiger charge is -2.17. The van der Waals surface area contributed by atoms with E-state index in [1.165, 1.54) is 12.3 Å². The molecule has 0 aromatic heterocycles. The molecule has 0 amide bonds. The summed E-state index contributed by atoms with van der Waals surface area (Å²) in [5.74, 6) is -2.66. The van der Waals surface area contributed by atoms with Crippen molar-refractivity contribution in [2.75, 3.05) is 0 Å². The molecule has 1 unspecified atom stereocenters. The lowest BCUT2D eigenvalue weighted by atomic mass is 9.96. The molecule has 6 heteroatoms. The smallest absolute Gasteiger partial charge is 0.328 e. The number of phenols is 3. The van der Waals surface area contributed by atoms with Crippen LogP contribution in [0.4, 0.5) is 0 Å². The van der Waals surface area contributed by atoms with Crippen molar-refractivity contribution in [1.29, 1.82) is 0 Å². The number of carbonyl (C=O) groups is 1. The van der Waals surface area contributed by atoms with Crippen molar-refractivity contribution in [3.8, 4) is 17.2 Å². The standard InChI is InChI=1S/C10H9NO5/c12-7-2-4-1-6(10(15)16)11-3-5(4)8(13)9(7)14/h2-3,6,12-14H,1H2,(H,15,16). The highest BCUT2D eigenvalue weighted by Crippen LogP contribution is 2.40. The number of hydrogen-bond donors (Lipinski definition) is 4. The molecule has 0 spiro atoms. The molecular formula is C10H9NO5. The van der Waals surface area contributed by atoms with Crippen molar-refractivity contribution in [2.45, 2.75) is 12.5 Å². The highest BCUT2D eigenvalue weighted by molar-refractivity contribution is 5.92. The molecule has 1 aliphatic heterocycles. The zero-order valence-corrected chi connectivity index (χ0v) is 8.08. The first-order valence-electron chi connectivity index (χ1n) is 4.53. The molecule has 1 heterocycles. The Morgan fingerprint density at radius 2 is 2.00 bits per heavy atom. The van der Waals surface area contributed by atoms with Crippen LogP contribution in [-0.2, 0) is 11.2 Å². The van der Waals surface area contributed by atoms with Gasteiger partial charge in [-0.1, -0.05) is 0 Å². The molecule has 0 bridgehead atoms. The van der Waals surface area contributed by atoms with E-state index in [4.69, 9.17) is 5.11 Å². The van der Waals surface area contributed by atoms with Gasteiger partial charge in [-0.15, -0.1) is 0 Å². The minimum absolute atomic E-state index is 0.0720. The number of phenolic OH excluding ortho intramolecular Hbond substituents is 3. The van der Waals surface area contributed by atoms with Gasteiger partial charge in [0.15, 0.2) is 17.5 Å². The summed E-state index contributed by atoms with van der Waals surface area (Å²) in [6.07, 6.45) is 1.26. The monoisotopic (exact) mass is 223 g/mol. The summed E-state index contributed by atoms with van der Waals surface area (Å²) in [5, 5.41) is 36.8. The van der Waals surface area contributed by atoms with Crippen molar-refractivity contribution in [3.05, 3.63) is 17.2 Å². The van der Waals surface area contributed by atoms with E-state index in [0.29, 0.717) is 5.56 Å².